The molecule has 0 spiro atoms. The van der Waals surface area contributed by atoms with Gasteiger partial charge >= 0.3 is 0 Å². The van der Waals surface area contributed by atoms with Gasteiger partial charge in [-0.05, 0) is 12.8 Å². The van der Waals surface area contributed by atoms with Crippen molar-refractivity contribution in [2.45, 2.75) is 263 Å². The van der Waals surface area contributed by atoms with E-state index in [1.807, 2.05) is 0 Å². The lowest BCUT2D eigenvalue weighted by atomic mass is 10.0. The van der Waals surface area contributed by atoms with E-state index in [9.17, 15) is 28.0 Å². The zero-order chi connectivity index (χ0) is 37.7. The van der Waals surface area contributed by atoms with Crippen molar-refractivity contribution in [2.75, 3.05) is 5.75 Å². The van der Waals surface area contributed by atoms with Crippen molar-refractivity contribution < 1.29 is 28.0 Å². The Morgan fingerprint density at radius 1 is 0.451 bits per heavy atom. The molecule has 1 amide bonds. The molecule has 0 aliphatic heterocycles. The molecule has 0 heterocycles. The molecule has 0 rings (SSSR count). The van der Waals surface area contributed by atoms with Crippen LogP contribution in [0.15, 0.2) is 0 Å². The Balaban J connectivity index is 3.90. The van der Waals surface area contributed by atoms with Gasteiger partial charge in [0.05, 0.1) is 17.9 Å². The van der Waals surface area contributed by atoms with Gasteiger partial charge in [0.25, 0.3) is 10.1 Å². The fraction of sp³-hybridized carbons (Fsp3) is 0.977. The highest BCUT2D eigenvalue weighted by Gasteiger charge is 2.28. The van der Waals surface area contributed by atoms with Crippen molar-refractivity contribution in [3.05, 3.63) is 0 Å². The fourth-order valence-electron chi connectivity index (χ4n) is 7.23. The molecule has 0 radical (unpaired) electrons. The Kier molecular flexibility index (Phi) is 37.1. The summed E-state index contributed by atoms with van der Waals surface area (Å²) in [6.07, 6.45) is 41.2. The second-order valence-corrected chi connectivity index (χ2v) is 17.3. The highest BCUT2D eigenvalue weighted by Crippen LogP contribution is 2.17. The number of carbonyl (C=O) groups is 1. The number of aliphatic hydroxyl groups is 2. The second-order valence-electron chi connectivity index (χ2n) is 15.8. The van der Waals surface area contributed by atoms with Crippen LogP contribution in [0, 0.1) is 0 Å². The van der Waals surface area contributed by atoms with Crippen LogP contribution in [0.25, 0.3) is 0 Å². The summed E-state index contributed by atoms with van der Waals surface area (Å²) in [6, 6.07) is -1.14. The maximum Gasteiger partial charge on any atom is 0.266 e. The number of aliphatic hydroxyl groups excluding tert-OH is 2. The van der Waals surface area contributed by atoms with Crippen LogP contribution in [0.2, 0.25) is 0 Å². The molecular formula is C43H87NO6S. The van der Waals surface area contributed by atoms with Crippen molar-refractivity contribution in [1.82, 2.24) is 5.32 Å². The summed E-state index contributed by atoms with van der Waals surface area (Å²) in [7, 11) is -4.40. The van der Waals surface area contributed by atoms with Gasteiger partial charge in [-0.1, -0.05) is 232 Å². The van der Waals surface area contributed by atoms with Gasteiger partial charge in [-0.15, -0.1) is 0 Å². The number of unbranched alkanes of at least 4 members (excludes halogenated alkanes) is 32. The summed E-state index contributed by atoms with van der Waals surface area (Å²) in [6.45, 7) is 4.53. The van der Waals surface area contributed by atoms with Crippen molar-refractivity contribution >= 4 is 16.0 Å². The van der Waals surface area contributed by atoms with E-state index in [4.69, 9.17) is 0 Å². The Morgan fingerprint density at radius 2 is 0.706 bits per heavy atom. The number of hydrogen-bond acceptors (Lipinski definition) is 5. The first-order valence-corrected chi connectivity index (χ1v) is 23.9. The highest BCUT2D eigenvalue weighted by atomic mass is 32.2. The lowest BCUT2D eigenvalue weighted by Gasteiger charge is -2.24. The lowest BCUT2D eigenvalue weighted by molar-refractivity contribution is -0.131. The third-order valence-corrected chi connectivity index (χ3v) is 11.4. The number of carbonyl (C=O) groups excluding carboxylic acids is 1. The molecule has 7 nitrogen and oxygen atoms in total. The minimum Gasteiger partial charge on any atom is -0.391 e. The number of nitrogens with one attached hydrogen (secondary N) is 1. The first-order chi connectivity index (χ1) is 24.7. The molecule has 0 bridgehead atoms. The van der Waals surface area contributed by atoms with E-state index in [2.05, 4.69) is 19.2 Å². The minimum absolute atomic E-state index is 0.304. The molecule has 3 unspecified atom stereocenters. The van der Waals surface area contributed by atoms with Crippen LogP contribution in [0.3, 0.4) is 0 Å². The third-order valence-electron chi connectivity index (χ3n) is 10.7. The SMILES string of the molecule is CCCCCCCCCCCCCCCCCCCC(O)C(=O)NC(CS(=O)(=O)O)C(O)CCCCCCCCCCCCCCCCCCC. The lowest BCUT2D eigenvalue weighted by Crippen LogP contribution is -2.50. The van der Waals surface area contributed by atoms with Crippen LogP contribution in [0.5, 0.6) is 0 Å². The molecule has 0 fully saturated rings. The standard InChI is InChI=1S/C43H87NO6S/c1-3-5-7-9-11-13-15-17-19-21-23-25-27-29-31-33-35-37-41(45)40(39-51(48,49)50)44-43(47)42(46)38-36-34-32-30-28-26-24-22-20-18-16-14-12-10-8-6-4-2/h40-42,45-46H,3-39H2,1-2H3,(H,44,47)(H,48,49,50). The van der Waals surface area contributed by atoms with Crippen molar-refractivity contribution in [3.8, 4) is 0 Å². The molecule has 3 atom stereocenters. The fourth-order valence-corrected chi connectivity index (χ4v) is 7.99. The monoisotopic (exact) mass is 746 g/mol. The summed E-state index contributed by atoms with van der Waals surface area (Å²) in [4.78, 5) is 12.6. The largest absolute Gasteiger partial charge is 0.391 e. The molecule has 0 aromatic heterocycles. The first kappa shape index (κ1) is 50.3. The Morgan fingerprint density at radius 3 is 0.980 bits per heavy atom. The van der Waals surface area contributed by atoms with Crippen LogP contribution in [0.1, 0.15) is 245 Å². The van der Waals surface area contributed by atoms with Gasteiger partial charge in [-0.25, -0.2) is 0 Å². The molecule has 0 aromatic rings. The van der Waals surface area contributed by atoms with Crippen LogP contribution >= 0.6 is 0 Å². The number of hydrogen-bond donors (Lipinski definition) is 4. The molecule has 4 N–H and O–H groups in total. The van der Waals surface area contributed by atoms with Crippen molar-refractivity contribution in [2.24, 2.45) is 0 Å². The molecular weight excluding hydrogens is 659 g/mol. The van der Waals surface area contributed by atoms with Crippen LogP contribution in [-0.4, -0.2) is 53.1 Å². The summed E-state index contributed by atoms with van der Waals surface area (Å²) in [5.41, 5.74) is 0. The van der Waals surface area contributed by atoms with E-state index >= 15 is 0 Å². The van der Waals surface area contributed by atoms with Gasteiger partial charge in [0, 0.05) is 0 Å². The van der Waals surface area contributed by atoms with Gasteiger partial charge in [0.2, 0.25) is 5.91 Å². The average Bonchev–Trinajstić information content (AvgIpc) is 3.09. The van der Waals surface area contributed by atoms with Crippen LogP contribution < -0.4 is 5.32 Å². The Labute approximate surface area is 317 Å². The quantitative estimate of drug-likeness (QED) is 0.0365. The Hall–Kier alpha value is -0.700. The first-order valence-electron chi connectivity index (χ1n) is 22.3. The summed E-state index contributed by atoms with van der Waals surface area (Å²) in [5, 5.41) is 23.6. The van der Waals surface area contributed by atoms with Gasteiger partial charge in [-0.2, -0.15) is 8.42 Å². The molecule has 0 aliphatic carbocycles. The summed E-state index contributed by atoms with van der Waals surface area (Å²) >= 11 is 0. The number of amides is 1. The zero-order valence-corrected chi connectivity index (χ0v) is 34.7. The van der Waals surface area contributed by atoms with Gasteiger partial charge in [-0.3, -0.25) is 9.35 Å². The van der Waals surface area contributed by atoms with Gasteiger partial charge < -0.3 is 15.5 Å². The van der Waals surface area contributed by atoms with Crippen LogP contribution in [0.4, 0.5) is 0 Å². The molecule has 0 saturated heterocycles. The predicted molar refractivity (Wildman–Crippen MR) is 218 cm³/mol. The summed E-state index contributed by atoms with van der Waals surface area (Å²) < 4.78 is 32.6. The van der Waals surface area contributed by atoms with Gasteiger partial charge in [0.15, 0.2) is 0 Å². The highest BCUT2D eigenvalue weighted by molar-refractivity contribution is 7.85. The van der Waals surface area contributed by atoms with E-state index in [1.165, 1.54) is 173 Å². The van der Waals surface area contributed by atoms with E-state index in [0.717, 1.165) is 44.9 Å². The van der Waals surface area contributed by atoms with E-state index in [-0.39, 0.29) is 0 Å². The number of rotatable bonds is 41. The topological polar surface area (TPSA) is 124 Å². The third kappa shape index (κ3) is 37.4. The second kappa shape index (κ2) is 37.6. The zero-order valence-electron chi connectivity index (χ0n) is 33.9. The molecule has 0 saturated carbocycles. The average molecular weight is 746 g/mol. The molecule has 51 heavy (non-hydrogen) atoms. The van der Waals surface area contributed by atoms with Crippen LogP contribution in [-0.2, 0) is 14.9 Å². The predicted octanol–water partition coefficient (Wildman–Crippen LogP) is 12.2. The molecule has 8 heteroatoms. The molecule has 0 aliphatic rings. The van der Waals surface area contributed by atoms with E-state index in [0.29, 0.717) is 12.8 Å². The summed E-state index contributed by atoms with van der Waals surface area (Å²) in [5.74, 6) is -1.44. The van der Waals surface area contributed by atoms with E-state index in [1.54, 1.807) is 0 Å². The van der Waals surface area contributed by atoms with Crippen molar-refractivity contribution in [1.29, 1.82) is 0 Å². The van der Waals surface area contributed by atoms with Crippen molar-refractivity contribution in [3.63, 3.8) is 0 Å². The normalized spacial score (nSPS) is 13.7. The smallest absolute Gasteiger partial charge is 0.266 e. The Bertz CT molecular complexity index is 838. The maximum absolute atomic E-state index is 12.6. The molecule has 0 aromatic carbocycles. The molecule has 306 valence electrons. The minimum atomic E-state index is -4.40. The van der Waals surface area contributed by atoms with Gasteiger partial charge in [0.1, 0.15) is 6.10 Å². The maximum atomic E-state index is 12.6. The van der Waals surface area contributed by atoms with E-state index < -0.39 is 40.0 Å².